The zero-order valence-electron chi connectivity index (χ0n) is 11.5. The topological polar surface area (TPSA) is 62.3 Å². The summed E-state index contributed by atoms with van der Waals surface area (Å²) in [7, 11) is 0. The second kappa shape index (κ2) is 5.23. The van der Waals surface area contributed by atoms with Crippen molar-refractivity contribution in [3.63, 3.8) is 0 Å². The van der Waals surface area contributed by atoms with E-state index in [1.165, 1.54) is 0 Å². The van der Waals surface area contributed by atoms with Gasteiger partial charge in [0.25, 0.3) is 0 Å². The molecule has 0 atom stereocenters. The predicted molar refractivity (Wildman–Crippen MR) is 73.9 cm³/mol. The molecule has 1 spiro atoms. The summed E-state index contributed by atoms with van der Waals surface area (Å²) < 4.78 is 0. The molecule has 5 nitrogen and oxygen atoms in total. The number of rotatable bonds is 3. The first-order valence-electron chi connectivity index (χ1n) is 7.20. The maximum absolute atomic E-state index is 12.6. The molecular formula is C15H19N3O2. The van der Waals surface area contributed by atoms with Crippen LogP contribution in [0.15, 0.2) is 24.4 Å². The summed E-state index contributed by atoms with van der Waals surface area (Å²) in [6, 6.07) is 5.75. The average molecular weight is 273 g/mol. The number of aromatic nitrogens is 1. The van der Waals surface area contributed by atoms with E-state index in [0.29, 0.717) is 13.0 Å². The van der Waals surface area contributed by atoms with Crippen LogP contribution in [0.5, 0.6) is 0 Å². The number of hydrogen-bond donors (Lipinski definition) is 1. The van der Waals surface area contributed by atoms with E-state index in [-0.39, 0.29) is 18.4 Å². The van der Waals surface area contributed by atoms with E-state index in [2.05, 4.69) is 10.3 Å². The molecule has 1 aliphatic heterocycles. The van der Waals surface area contributed by atoms with Gasteiger partial charge in [-0.1, -0.05) is 18.9 Å². The number of carbonyl (C=O) groups excluding carboxylic acids is 2. The third kappa shape index (κ3) is 2.40. The van der Waals surface area contributed by atoms with E-state index >= 15 is 0 Å². The summed E-state index contributed by atoms with van der Waals surface area (Å²) in [5, 5.41) is 2.92. The molecule has 0 unspecified atom stereocenters. The van der Waals surface area contributed by atoms with Gasteiger partial charge in [0.1, 0.15) is 5.54 Å². The van der Waals surface area contributed by atoms with Gasteiger partial charge in [0, 0.05) is 24.9 Å². The summed E-state index contributed by atoms with van der Waals surface area (Å²) >= 11 is 0. The highest BCUT2D eigenvalue weighted by Crippen LogP contribution is 2.33. The first kappa shape index (κ1) is 13.1. The SMILES string of the molecule is O=C1CN(CCc2ccccn2)C(=O)C2(CCCC2)N1. The van der Waals surface area contributed by atoms with Crippen LogP contribution in [-0.4, -0.2) is 40.3 Å². The van der Waals surface area contributed by atoms with Crippen molar-refractivity contribution in [1.82, 2.24) is 15.2 Å². The fourth-order valence-electron chi connectivity index (χ4n) is 3.20. The molecule has 20 heavy (non-hydrogen) atoms. The minimum Gasteiger partial charge on any atom is -0.340 e. The fraction of sp³-hybridized carbons (Fsp3) is 0.533. The lowest BCUT2D eigenvalue weighted by molar-refractivity contribution is -0.149. The van der Waals surface area contributed by atoms with Gasteiger partial charge in [-0.25, -0.2) is 0 Å². The number of carbonyl (C=O) groups is 2. The van der Waals surface area contributed by atoms with E-state index < -0.39 is 5.54 Å². The smallest absolute Gasteiger partial charge is 0.248 e. The third-order valence-electron chi connectivity index (χ3n) is 4.23. The number of nitrogens with zero attached hydrogens (tertiary/aromatic N) is 2. The minimum absolute atomic E-state index is 0.0347. The number of pyridine rings is 1. The summed E-state index contributed by atoms with van der Waals surface area (Å²) in [6.07, 6.45) is 6.02. The highest BCUT2D eigenvalue weighted by molar-refractivity contribution is 5.98. The maximum atomic E-state index is 12.6. The molecule has 1 aromatic rings. The summed E-state index contributed by atoms with van der Waals surface area (Å²) in [5.41, 5.74) is 0.339. The van der Waals surface area contributed by atoms with Crippen molar-refractivity contribution in [3.8, 4) is 0 Å². The van der Waals surface area contributed by atoms with Crippen LogP contribution in [0.1, 0.15) is 31.4 Å². The highest BCUT2D eigenvalue weighted by Gasteiger charge is 2.47. The van der Waals surface area contributed by atoms with Crippen molar-refractivity contribution in [2.24, 2.45) is 0 Å². The molecule has 0 aromatic carbocycles. The molecule has 106 valence electrons. The van der Waals surface area contributed by atoms with Gasteiger partial charge in [-0.05, 0) is 25.0 Å². The van der Waals surface area contributed by atoms with Gasteiger partial charge < -0.3 is 10.2 Å². The molecule has 2 amide bonds. The van der Waals surface area contributed by atoms with Gasteiger partial charge in [0.05, 0.1) is 6.54 Å². The Morgan fingerprint density at radius 2 is 2.05 bits per heavy atom. The number of hydrogen-bond acceptors (Lipinski definition) is 3. The largest absolute Gasteiger partial charge is 0.340 e. The van der Waals surface area contributed by atoms with E-state index in [1.807, 2.05) is 18.2 Å². The summed E-state index contributed by atoms with van der Waals surface area (Å²) in [5.74, 6) is 0.0538. The zero-order chi connectivity index (χ0) is 14.0. The van der Waals surface area contributed by atoms with Crippen LogP contribution in [-0.2, 0) is 16.0 Å². The fourth-order valence-corrected chi connectivity index (χ4v) is 3.20. The van der Waals surface area contributed by atoms with Crippen LogP contribution < -0.4 is 5.32 Å². The van der Waals surface area contributed by atoms with E-state index in [4.69, 9.17) is 0 Å². The Kier molecular flexibility index (Phi) is 3.42. The van der Waals surface area contributed by atoms with Crippen molar-refractivity contribution in [2.75, 3.05) is 13.1 Å². The molecule has 2 aliphatic rings. The second-order valence-corrected chi connectivity index (χ2v) is 5.64. The molecule has 1 N–H and O–H groups in total. The van der Waals surface area contributed by atoms with Crippen LogP contribution in [0.4, 0.5) is 0 Å². The molecule has 5 heteroatoms. The van der Waals surface area contributed by atoms with Crippen LogP contribution in [0.2, 0.25) is 0 Å². The van der Waals surface area contributed by atoms with Crippen molar-refractivity contribution >= 4 is 11.8 Å². The maximum Gasteiger partial charge on any atom is 0.248 e. The predicted octanol–water partition coefficient (Wildman–Crippen LogP) is 0.895. The minimum atomic E-state index is -0.612. The molecule has 2 fully saturated rings. The van der Waals surface area contributed by atoms with Crippen LogP contribution in [0, 0.1) is 0 Å². The van der Waals surface area contributed by atoms with Crippen LogP contribution in [0.3, 0.4) is 0 Å². The Morgan fingerprint density at radius 3 is 2.75 bits per heavy atom. The number of amides is 2. The molecule has 2 heterocycles. The monoisotopic (exact) mass is 273 g/mol. The normalized spacial score (nSPS) is 21.3. The van der Waals surface area contributed by atoms with Crippen LogP contribution in [0.25, 0.3) is 0 Å². The van der Waals surface area contributed by atoms with Crippen molar-refractivity contribution in [3.05, 3.63) is 30.1 Å². The lowest BCUT2D eigenvalue weighted by atomic mass is 9.93. The van der Waals surface area contributed by atoms with Crippen molar-refractivity contribution in [2.45, 2.75) is 37.6 Å². The number of nitrogens with one attached hydrogen (secondary N) is 1. The average Bonchev–Trinajstić information content (AvgIpc) is 2.92. The molecule has 0 bridgehead atoms. The third-order valence-corrected chi connectivity index (χ3v) is 4.23. The van der Waals surface area contributed by atoms with Crippen molar-refractivity contribution in [1.29, 1.82) is 0 Å². The first-order chi connectivity index (χ1) is 9.70. The quantitative estimate of drug-likeness (QED) is 0.890. The Labute approximate surface area is 118 Å². The highest BCUT2D eigenvalue weighted by atomic mass is 16.2. The first-order valence-corrected chi connectivity index (χ1v) is 7.20. The van der Waals surface area contributed by atoms with Gasteiger partial charge in [0.2, 0.25) is 11.8 Å². The summed E-state index contributed by atoms with van der Waals surface area (Å²) in [4.78, 5) is 30.4. The van der Waals surface area contributed by atoms with Crippen molar-refractivity contribution < 1.29 is 9.59 Å². The molecule has 1 saturated heterocycles. The van der Waals surface area contributed by atoms with E-state index in [1.54, 1.807) is 11.1 Å². The molecule has 3 rings (SSSR count). The Hall–Kier alpha value is -1.91. The standard InChI is InChI=1S/C15H19N3O2/c19-13-11-18(10-6-12-5-1-4-9-16-12)14(20)15(17-13)7-2-3-8-15/h1,4-5,9H,2-3,6-8,10-11H2,(H,17,19). The van der Waals surface area contributed by atoms with E-state index in [0.717, 1.165) is 31.4 Å². The van der Waals surface area contributed by atoms with Crippen LogP contribution >= 0.6 is 0 Å². The number of piperazine rings is 1. The summed E-state index contributed by atoms with van der Waals surface area (Å²) in [6.45, 7) is 0.735. The molecule has 1 saturated carbocycles. The second-order valence-electron chi connectivity index (χ2n) is 5.64. The van der Waals surface area contributed by atoms with Gasteiger partial charge in [-0.2, -0.15) is 0 Å². The molecule has 1 aliphatic carbocycles. The Balaban J connectivity index is 1.69. The molecular weight excluding hydrogens is 254 g/mol. The Bertz CT molecular complexity index is 509. The zero-order valence-corrected chi connectivity index (χ0v) is 11.5. The molecule has 1 aromatic heterocycles. The lowest BCUT2D eigenvalue weighted by Gasteiger charge is -2.39. The van der Waals surface area contributed by atoms with Gasteiger partial charge in [-0.15, -0.1) is 0 Å². The van der Waals surface area contributed by atoms with Gasteiger partial charge in [-0.3, -0.25) is 14.6 Å². The van der Waals surface area contributed by atoms with E-state index in [9.17, 15) is 9.59 Å². The molecule has 0 radical (unpaired) electrons. The lowest BCUT2D eigenvalue weighted by Crippen LogP contribution is -2.65. The van der Waals surface area contributed by atoms with Gasteiger partial charge in [0.15, 0.2) is 0 Å². The van der Waals surface area contributed by atoms with Gasteiger partial charge >= 0.3 is 0 Å². The Morgan fingerprint density at radius 1 is 1.25 bits per heavy atom.